The molecule has 0 amide bonds. The molecule has 16 heavy (non-hydrogen) atoms. The Bertz CT molecular complexity index is 292. The van der Waals surface area contributed by atoms with Crippen LogP contribution in [0.25, 0.3) is 0 Å². The molecule has 0 bridgehead atoms. The largest absolute Gasteiger partial charge is 0.271 e. The van der Waals surface area contributed by atoms with Gasteiger partial charge in [-0.15, -0.1) is 0 Å². The van der Waals surface area contributed by atoms with Crippen molar-refractivity contribution in [3.05, 3.63) is 23.8 Å². The highest BCUT2D eigenvalue weighted by Gasteiger charge is 2.16. The van der Waals surface area contributed by atoms with E-state index in [1.807, 2.05) is 13.1 Å². The molecule has 0 aliphatic carbocycles. The van der Waals surface area contributed by atoms with Crippen LogP contribution in [0.15, 0.2) is 12.4 Å². The molecule has 1 rings (SSSR count). The van der Waals surface area contributed by atoms with Crippen LogP contribution >= 0.6 is 0 Å². The van der Waals surface area contributed by atoms with Crippen molar-refractivity contribution in [2.24, 2.45) is 11.8 Å². The molecule has 1 aromatic heterocycles. The SMILES string of the molecule is CCC(CC)CC(NN)c1cnc(C)cn1. The van der Waals surface area contributed by atoms with Crippen molar-refractivity contribution >= 4 is 0 Å². The van der Waals surface area contributed by atoms with Crippen LogP contribution < -0.4 is 11.3 Å². The van der Waals surface area contributed by atoms with Crippen molar-refractivity contribution < 1.29 is 0 Å². The number of hydrazine groups is 1. The van der Waals surface area contributed by atoms with Crippen molar-refractivity contribution in [1.82, 2.24) is 15.4 Å². The molecule has 4 nitrogen and oxygen atoms in total. The van der Waals surface area contributed by atoms with Gasteiger partial charge < -0.3 is 0 Å². The zero-order valence-electron chi connectivity index (χ0n) is 10.4. The van der Waals surface area contributed by atoms with Gasteiger partial charge in [-0.25, -0.2) is 0 Å². The zero-order valence-corrected chi connectivity index (χ0v) is 10.4. The molecular formula is C12H22N4. The molecule has 0 spiro atoms. The monoisotopic (exact) mass is 222 g/mol. The van der Waals surface area contributed by atoms with Gasteiger partial charge in [0, 0.05) is 6.20 Å². The maximum Gasteiger partial charge on any atom is 0.0769 e. The number of hydrogen-bond acceptors (Lipinski definition) is 4. The van der Waals surface area contributed by atoms with Gasteiger partial charge in [-0.1, -0.05) is 26.7 Å². The molecule has 1 heterocycles. The molecule has 4 heteroatoms. The number of aromatic nitrogens is 2. The lowest BCUT2D eigenvalue weighted by Crippen LogP contribution is -2.30. The predicted octanol–water partition coefficient (Wildman–Crippen LogP) is 2.12. The molecule has 1 unspecified atom stereocenters. The summed E-state index contributed by atoms with van der Waals surface area (Å²) in [4.78, 5) is 8.61. The van der Waals surface area contributed by atoms with Crippen LogP contribution in [0.2, 0.25) is 0 Å². The first-order chi connectivity index (χ1) is 7.71. The van der Waals surface area contributed by atoms with E-state index in [4.69, 9.17) is 5.84 Å². The topological polar surface area (TPSA) is 63.8 Å². The van der Waals surface area contributed by atoms with Crippen LogP contribution in [0.1, 0.15) is 50.5 Å². The second-order valence-corrected chi connectivity index (χ2v) is 4.22. The summed E-state index contributed by atoms with van der Waals surface area (Å²) < 4.78 is 0. The number of nitrogens with one attached hydrogen (secondary N) is 1. The summed E-state index contributed by atoms with van der Waals surface area (Å²) in [5.41, 5.74) is 4.70. The van der Waals surface area contributed by atoms with E-state index in [1.165, 1.54) is 12.8 Å². The van der Waals surface area contributed by atoms with Crippen LogP contribution in [-0.2, 0) is 0 Å². The van der Waals surface area contributed by atoms with Crippen molar-refractivity contribution in [2.75, 3.05) is 0 Å². The average Bonchev–Trinajstić information content (AvgIpc) is 2.32. The van der Waals surface area contributed by atoms with Gasteiger partial charge in [0.1, 0.15) is 0 Å². The minimum absolute atomic E-state index is 0.109. The standard InChI is InChI=1S/C12H22N4/c1-4-10(5-2)6-11(16-13)12-8-14-9(3)7-15-12/h7-8,10-11,16H,4-6,13H2,1-3H3. The third-order valence-corrected chi connectivity index (χ3v) is 3.08. The molecule has 0 saturated carbocycles. The molecular weight excluding hydrogens is 200 g/mol. The summed E-state index contributed by atoms with van der Waals surface area (Å²) in [6, 6.07) is 0.109. The Morgan fingerprint density at radius 1 is 1.25 bits per heavy atom. The molecule has 3 N–H and O–H groups in total. The summed E-state index contributed by atoms with van der Waals surface area (Å²) in [5, 5.41) is 0. The highest BCUT2D eigenvalue weighted by molar-refractivity contribution is 5.05. The van der Waals surface area contributed by atoms with Crippen LogP contribution in [-0.4, -0.2) is 9.97 Å². The fraction of sp³-hybridized carbons (Fsp3) is 0.667. The quantitative estimate of drug-likeness (QED) is 0.571. The molecule has 1 atom stereocenters. The van der Waals surface area contributed by atoms with Gasteiger partial charge in [0.05, 0.1) is 23.6 Å². The summed E-state index contributed by atoms with van der Waals surface area (Å²) in [5.74, 6) is 6.27. The van der Waals surface area contributed by atoms with Crippen molar-refractivity contribution in [3.63, 3.8) is 0 Å². The van der Waals surface area contributed by atoms with E-state index in [-0.39, 0.29) is 6.04 Å². The molecule has 1 aromatic rings. The highest BCUT2D eigenvalue weighted by Crippen LogP contribution is 2.22. The Labute approximate surface area is 97.7 Å². The lowest BCUT2D eigenvalue weighted by molar-refractivity contribution is 0.369. The van der Waals surface area contributed by atoms with E-state index in [1.54, 1.807) is 6.20 Å². The maximum atomic E-state index is 5.58. The van der Waals surface area contributed by atoms with Crippen LogP contribution in [0.5, 0.6) is 0 Å². The molecule has 90 valence electrons. The van der Waals surface area contributed by atoms with Crippen molar-refractivity contribution in [3.8, 4) is 0 Å². The Morgan fingerprint density at radius 3 is 2.38 bits per heavy atom. The van der Waals surface area contributed by atoms with Gasteiger partial charge in [-0.05, 0) is 19.3 Å². The van der Waals surface area contributed by atoms with Gasteiger partial charge >= 0.3 is 0 Å². The smallest absolute Gasteiger partial charge is 0.0769 e. The molecule has 0 saturated heterocycles. The third-order valence-electron chi connectivity index (χ3n) is 3.08. The second kappa shape index (κ2) is 6.55. The van der Waals surface area contributed by atoms with Crippen molar-refractivity contribution in [2.45, 2.75) is 46.1 Å². The van der Waals surface area contributed by atoms with E-state index in [0.29, 0.717) is 5.92 Å². The predicted molar refractivity (Wildman–Crippen MR) is 65.5 cm³/mol. The zero-order chi connectivity index (χ0) is 12.0. The third kappa shape index (κ3) is 3.54. The summed E-state index contributed by atoms with van der Waals surface area (Å²) in [6.07, 6.45) is 6.96. The first-order valence-electron chi connectivity index (χ1n) is 5.95. The number of rotatable bonds is 6. The molecule has 0 aliphatic rings. The minimum Gasteiger partial charge on any atom is -0.271 e. The average molecular weight is 222 g/mol. The Morgan fingerprint density at radius 2 is 1.94 bits per heavy atom. The van der Waals surface area contributed by atoms with Gasteiger partial charge in [-0.3, -0.25) is 21.2 Å². The van der Waals surface area contributed by atoms with E-state index < -0.39 is 0 Å². The lowest BCUT2D eigenvalue weighted by atomic mass is 9.94. The highest BCUT2D eigenvalue weighted by atomic mass is 15.2. The van der Waals surface area contributed by atoms with Crippen LogP contribution in [0.3, 0.4) is 0 Å². The number of aryl methyl sites for hydroxylation is 1. The number of nitrogens with two attached hydrogens (primary N) is 1. The normalized spacial score (nSPS) is 13.1. The Hall–Kier alpha value is -1.00. The molecule has 0 radical (unpaired) electrons. The van der Waals surface area contributed by atoms with Gasteiger partial charge in [0.25, 0.3) is 0 Å². The van der Waals surface area contributed by atoms with Crippen LogP contribution in [0.4, 0.5) is 0 Å². The molecule has 0 fully saturated rings. The van der Waals surface area contributed by atoms with Gasteiger partial charge in [0.2, 0.25) is 0 Å². The number of hydrogen-bond donors (Lipinski definition) is 2. The first-order valence-corrected chi connectivity index (χ1v) is 5.95. The van der Waals surface area contributed by atoms with Gasteiger partial charge in [-0.2, -0.15) is 0 Å². The summed E-state index contributed by atoms with van der Waals surface area (Å²) >= 11 is 0. The second-order valence-electron chi connectivity index (χ2n) is 4.22. The van der Waals surface area contributed by atoms with Crippen LogP contribution in [0, 0.1) is 12.8 Å². The van der Waals surface area contributed by atoms with Crippen molar-refractivity contribution in [1.29, 1.82) is 0 Å². The maximum absolute atomic E-state index is 5.58. The van der Waals surface area contributed by atoms with E-state index in [2.05, 4.69) is 29.2 Å². The van der Waals surface area contributed by atoms with Gasteiger partial charge in [0.15, 0.2) is 0 Å². The Balaban J connectivity index is 2.70. The lowest BCUT2D eigenvalue weighted by Gasteiger charge is -2.20. The minimum atomic E-state index is 0.109. The summed E-state index contributed by atoms with van der Waals surface area (Å²) in [7, 11) is 0. The Kier molecular flexibility index (Phi) is 5.35. The van der Waals surface area contributed by atoms with E-state index >= 15 is 0 Å². The number of nitrogens with zero attached hydrogens (tertiary/aromatic N) is 2. The fourth-order valence-electron chi connectivity index (χ4n) is 1.81. The fourth-order valence-corrected chi connectivity index (χ4v) is 1.81. The van der Waals surface area contributed by atoms with E-state index in [0.717, 1.165) is 17.8 Å². The summed E-state index contributed by atoms with van der Waals surface area (Å²) in [6.45, 7) is 6.35. The molecule has 0 aliphatic heterocycles. The molecule has 0 aromatic carbocycles. The van der Waals surface area contributed by atoms with E-state index in [9.17, 15) is 0 Å². The first kappa shape index (κ1) is 13.1.